The third-order valence-electron chi connectivity index (χ3n) is 5.45. The minimum atomic E-state index is -3.92. The molecule has 0 saturated carbocycles. The highest BCUT2D eigenvalue weighted by atomic mass is 32.2. The highest BCUT2D eigenvalue weighted by Crippen LogP contribution is 2.26. The van der Waals surface area contributed by atoms with Crippen LogP contribution in [-0.2, 0) is 23.0 Å². The molecule has 4 rings (SSSR count). The molecule has 1 aliphatic heterocycles. The summed E-state index contributed by atoms with van der Waals surface area (Å²) in [6.45, 7) is 1.39. The molecule has 0 fully saturated rings. The van der Waals surface area contributed by atoms with Crippen molar-refractivity contribution in [3.8, 4) is 0 Å². The summed E-state index contributed by atoms with van der Waals surface area (Å²) in [5.41, 5.74) is 3.96. The van der Waals surface area contributed by atoms with Crippen molar-refractivity contribution >= 4 is 27.3 Å². The minimum absolute atomic E-state index is 0.0497. The molecule has 0 spiro atoms. The van der Waals surface area contributed by atoms with Crippen LogP contribution in [0, 0.1) is 5.82 Å². The van der Waals surface area contributed by atoms with Crippen molar-refractivity contribution in [3.63, 3.8) is 0 Å². The van der Waals surface area contributed by atoms with Gasteiger partial charge in [-0.2, -0.15) is 0 Å². The SMILES string of the molecule is CN1CCCc2cc(CNC(=O)c3cccc(S(=O)(=O)Nc4ccc(F)cc4)c3)ccc21. The highest BCUT2D eigenvalue weighted by molar-refractivity contribution is 7.92. The summed E-state index contributed by atoms with van der Waals surface area (Å²) in [5.74, 6) is -0.823. The lowest BCUT2D eigenvalue weighted by molar-refractivity contribution is 0.0950. The molecule has 32 heavy (non-hydrogen) atoms. The molecule has 0 bridgehead atoms. The summed E-state index contributed by atoms with van der Waals surface area (Å²) < 4.78 is 40.8. The second-order valence-corrected chi connectivity index (χ2v) is 9.49. The lowest BCUT2D eigenvalue weighted by atomic mass is 9.99. The van der Waals surface area contributed by atoms with Crippen molar-refractivity contribution in [1.29, 1.82) is 0 Å². The Kier molecular flexibility index (Phi) is 6.14. The smallest absolute Gasteiger partial charge is 0.261 e. The number of carbonyl (C=O) groups is 1. The van der Waals surface area contributed by atoms with Crippen LogP contribution in [0.25, 0.3) is 0 Å². The van der Waals surface area contributed by atoms with E-state index in [1.165, 1.54) is 53.7 Å². The first-order chi connectivity index (χ1) is 15.3. The highest BCUT2D eigenvalue weighted by Gasteiger charge is 2.17. The molecular weight excluding hydrogens is 429 g/mol. The molecule has 0 atom stereocenters. The molecule has 0 aliphatic carbocycles. The number of sulfonamides is 1. The molecule has 0 radical (unpaired) electrons. The third-order valence-corrected chi connectivity index (χ3v) is 6.83. The molecular formula is C24H24FN3O3S. The first-order valence-corrected chi connectivity index (χ1v) is 11.8. The maximum atomic E-state index is 13.1. The number of amides is 1. The van der Waals surface area contributed by atoms with Crippen molar-refractivity contribution in [2.45, 2.75) is 24.3 Å². The quantitative estimate of drug-likeness (QED) is 0.593. The van der Waals surface area contributed by atoms with Gasteiger partial charge in [0.2, 0.25) is 0 Å². The Labute approximate surface area is 187 Å². The summed E-state index contributed by atoms with van der Waals surface area (Å²) >= 11 is 0. The fourth-order valence-corrected chi connectivity index (χ4v) is 4.87. The van der Waals surface area contributed by atoms with Gasteiger partial charge in [-0.15, -0.1) is 0 Å². The first kappa shape index (κ1) is 21.8. The molecule has 2 N–H and O–H groups in total. The summed E-state index contributed by atoms with van der Waals surface area (Å²) in [5, 5.41) is 2.86. The summed E-state index contributed by atoms with van der Waals surface area (Å²) in [6.07, 6.45) is 2.12. The van der Waals surface area contributed by atoms with E-state index in [0.717, 1.165) is 24.9 Å². The van der Waals surface area contributed by atoms with Crippen LogP contribution in [0.4, 0.5) is 15.8 Å². The number of aryl methyl sites for hydroxylation is 1. The van der Waals surface area contributed by atoms with Crippen molar-refractivity contribution in [3.05, 3.63) is 89.2 Å². The van der Waals surface area contributed by atoms with E-state index in [2.05, 4.69) is 34.1 Å². The van der Waals surface area contributed by atoms with Gasteiger partial charge in [0.25, 0.3) is 15.9 Å². The maximum Gasteiger partial charge on any atom is 0.261 e. The largest absolute Gasteiger partial charge is 0.374 e. The fourth-order valence-electron chi connectivity index (χ4n) is 3.77. The topological polar surface area (TPSA) is 78.5 Å². The van der Waals surface area contributed by atoms with Crippen LogP contribution in [-0.4, -0.2) is 27.9 Å². The Balaban J connectivity index is 1.45. The second-order valence-electron chi connectivity index (χ2n) is 7.81. The molecule has 8 heteroatoms. The zero-order valence-electron chi connectivity index (χ0n) is 17.6. The predicted molar refractivity (Wildman–Crippen MR) is 123 cm³/mol. The van der Waals surface area contributed by atoms with Gasteiger partial charge in [-0.25, -0.2) is 12.8 Å². The van der Waals surface area contributed by atoms with E-state index in [4.69, 9.17) is 0 Å². The zero-order valence-corrected chi connectivity index (χ0v) is 18.5. The monoisotopic (exact) mass is 453 g/mol. The lowest BCUT2D eigenvalue weighted by Gasteiger charge is -2.27. The van der Waals surface area contributed by atoms with Crippen molar-refractivity contribution < 1.29 is 17.6 Å². The van der Waals surface area contributed by atoms with Crippen LogP contribution in [0.1, 0.15) is 27.9 Å². The molecule has 0 aromatic heterocycles. The van der Waals surface area contributed by atoms with Crippen LogP contribution < -0.4 is 14.9 Å². The molecule has 166 valence electrons. The number of hydrogen-bond donors (Lipinski definition) is 2. The lowest BCUT2D eigenvalue weighted by Crippen LogP contribution is -2.26. The van der Waals surface area contributed by atoms with Crippen LogP contribution in [0.5, 0.6) is 0 Å². The number of hydrogen-bond acceptors (Lipinski definition) is 4. The van der Waals surface area contributed by atoms with Crippen molar-refractivity contribution in [2.24, 2.45) is 0 Å². The molecule has 0 saturated heterocycles. The molecule has 0 unspecified atom stereocenters. The fraction of sp³-hybridized carbons (Fsp3) is 0.208. The number of nitrogens with one attached hydrogen (secondary N) is 2. The predicted octanol–water partition coefficient (Wildman–Crippen LogP) is 3.94. The van der Waals surface area contributed by atoms with E-state index in [1.54, 1.807) is 6.07 Å². The van der Waals surface area contributed by atoms with Crippen LogP contribution in [0.3, 0.4) is 0 Å². The number of carbonyl (C=O) groups excluding carboxylic acids is 1. The average Bonchev–Trinajstić information content (AvgIpc) is 2.79. The van der Waals surface area contributed by atoms with E-state index >= 15 is 0 Å². The van der Waals surface area contributed by atoms with E-state index in [9.17, 15) is 17.6 Å². The van der Waals surface area contributed by atoms with Crippen molar-refractivity contribution in [2.75, 3.05) is 23.2 Å². The van der Waals surface area contributed by atoms with Gasteiger partial charge in [0.05, 0.1) is 4.90 Å². The summed E-state index contributed by atoms with van der Waals surface area (Å²) in [4.78, 5) is 14.8. The maximum absolute atomic E-state index is 13.1. The standard InChI is InChI=1S/C24H24FN3O3S/c1-28-13-3-5-18-14-17(7-12-23(18)28)16-26-24(29)19-4-2-6-22(15-19)32(30,31)27-21-10-8-20(25)9-11-21/h2,4,6-12,14-15,27H,3,5,13,16H2,1H3,(H,26,29). The van der Waals surface area contributed by atoms with Gasteiger partial charge in [-0.1, -0.05) is 18.2 Å². The van der Waals surface area contributed by atoms with Gasteiger partial charge in [0, 0.05) is 37.1 Å². The summed E-state index contributed by atoms with van der Waals surface area (Å²) in [7, 11) is -1.85. The Morgan fingerprint density at radius 3 is 2.62 bits per heavy atom. The number of benzene rings is 3. The number of fused-ring (bicyclic) bond motifs is 1. The first-order valence-electron chi connectivity index (χ1n) is 10.3. The molecule has 6 nitrogen and oxygen atoms in total. The van der Waals surface area contributed by atoms with Gasteiger partial charge in [-0.05, 0) is 72.5 Å². The van der Waals surface area contributed by atoms with E-state index < -0.39 is 15.8 Å². The Bertz CT molecular complexity index is 1240. The molecule has 1 heterocycles. The summed E-state index contributed by atoms with van der Waals surface area (Å²) in [6, 6.07) is 17.0. The number of nitrogens with zero attached hydrogens (tertiary/aromatic N) is 1. The Morgan fingerprint density at radius 2 is 1.84 bits per heavy atom. The number of rotatable bonds is 6. The molecule has 3 aromatic rings. The van der Waals surface area contributed by atoms with E-state index in [-0.39, 0.29) is 22.1 Å². The van der Waals surface area contributed by atoms with Crippen molar-refractivity contribution in [1.82, 2.24) is 5.32 Å². The van der Waals surface area contributed by atoms with Crippen LogP contribution >= 0.6 is 0 Å². The Morgan fingerprint density at radius 1 is 1.06 bits per heavy atom. The van der Waals surface area contributed by atoms with Gasteiger partial charge < -0.3 is 10.2 Å². The van der Waals surface area contributed by atoms with Gasteiger partial charge in [-0.3, -0.25) is 9.52 Å². The normalized spacial score (nSPS) is 13.4. The van der Waals surface area contributed by atoms with Crippen LogP contribution in [0.15, 0.2) is 71.6 Å². The zero-order chi connectivity index (χ0) is 22.7. The molecule has 1 amide bonds. The van der Waals surface area contributed by atoms with Gasteiger partial charge in [0.1, 0.15) is 5.82 Å². The number of anilines is 2. The van der Waals surface area contributed by atoms with E-state index in [1.807, 2.05) is 6.07 Å². The van der Waals surface area contributed by atoms with Crippen LogP contribution in [0.2, 0.25) is 0 Å². The number of halogens is 1. The third kappa shape index (κ3) is 4.91. The van der Waals surface area contributed by atoms with Gasteiger partial charge >= 0.3 is 0 Å². The Hall–Kier alpha value is -3.39. The van der Waals surface area contributed by atoms with Gasteiger partial charge in [0.15, 0.2) is 0 Å². The van der Waals surface area contributed by atoms with E-state index in [0.29, 0.717) is 6.54 Å². The average molecular weight is 454 g/mol. The molecule has 1 aliphatic rings. The molecule has 3 aromatic carbocycles. The second kappa shape index (κ2) is 9.00. The minimum Gasteiger partial charge on any atom is -0.374 e.